The SMILES string of the molecule is COc1cc(/C=C2\C(=O)NC(=S)N(C)C2=O)c(Br)cc1OCC(=O)O. The number of amides is 2. The van der Waals surface area contributed by atoms with Gasteiger partial charge in [-0.3, -0.25) is 19.8 Å². The number of hydrogen-bond acceptors (Lipinski definition) is 6. The van der Waals surface area contributed by atoms with Crippen molar-refractivity contribution in [1.82, 2.24) is 10.2 Å². The topological polar surface area (TPSA) is 105 Å². The van der Waals surface area contributed by atoms with Crippen LogP contribution in [0.5, 0.6) is 11.5 Å². The summed E-state index contributed by atoms with van der Waals surface area (Å²) in [5.41, 5.74) is 0.373. The van der Waals surface area contributed by atoms with Gasteiger partial charge < -0.3 is 14.6 Å². The van der Waals surface area contributed by atoms with Crippen LogP contribution in [0.3, 0.4) is 0 Å². The van der Waals surface area contributed by atoms with Crippen molar-refractivity contribution in [3.05, 3.63) is 27.7 Å². The van der Waals surface area contributed by atoms with E-state index >= 15 is 0 Å². The summed E-state index contributed by atoms with van der Waals surface area (Å²) in [4.78, 5) is 36.0. The van der Waals surface area contributed by atoms with E-state index in [9.17, 15) is 14.4 Å². The van der Waals surface area contributed by atoms with E-state index < -0.39 is 24.4 Å². The van der Waals surface area contributed by atoms with Gasteiger partial charge in [0, 0.05) is 11.5 Å². The van der Waals surface area contributed by atoms with E-state index in [1.807, 2.05) is 0 Å². The molecule has 0 unspecified atom stereocenters. The van der Waals surface area contributed by atoms with Crippen LogP contribution < -0.4 is 14.8 Å². The van der Waals surface area contributed by atoms with Crippen molar-refractivity contribution in [3.63, 3.8) is 0 Å². The van der Waals surface area contributed by atoms with E-state index in [-0.39, 0.29) is 22.2 Å². The number of likely N-dealkylation sites (N-methyl/N-ethyl adjacent to an activating group) is 1. The maximum atomic E-state index is 12.2. The molecule has 1 aliphatic heterocycles. The summed E-state index contributed by atoms with van der Waals surface area (Å²) in [6.45, 7) is -0.535. The van der Waals surface area contributed by atoms with Crippen molar-refractivity contribution in [2.45, 2.75) is 0 Å². The molecule has 1 heterocycles. The lowest BCUT2D eigenvalue weighted by molar-refractivity contribution is -0.139. The van der Waals surface area contributed by atoms with E-state index in [0.29, 0.717) is 10.0 Å². The summed E-state index contributed by atoms with van der Waals surface area (Å²) in [6, 6.07) is 3.01. The number of carbonyl (C=O) groups excluding carboxylic acids is 2. The number of aliphatic carboxylic acids is 1. The number of rotatable bonds is 5. The summed E-state index contributed by atoms with van der Waals surface area (Å²) in [6.07, 6.45) is 1.38. The van der Waals surface area contributed by atoms with Crippen LogP contribution in [0.4, 0.5) is 0 Å². The van der Waals surface area contributed by atoms with Crippen LogP contribution in [0.1, 0.15) is 5.56 Å². The maximum absolute atomic E-state index is 12.2. The molecule has 132 valence electrons. The zero-order chi connectivity index (χ0) is 18.7. The normalized spacial score (nSPS) is 16.0. The lowest BCUT2D eigenvalue weighted by Gasteiger charge is -2.25. The highest BCUT2D eigenvalue weighted by molar-refractivity contribution is 9.10. The fourth-order valence-electron chi connectivity index (χ4n) is 1.97. The Morgan fingerprint density at radius 2 is 2.08 bits per heavy atom. The van der Waals surface area contributed by atoms with Crippen molar-refractivity contribution in [3.8, 4) is 11.5 Å². The number of benzene rings is 1. The number of carboxylic acid groups (broad SMARTS) is 1. The van der Waals surface area contributed by atoms with E-state index in [4.69, 9.17) is 26.8 Å². The van der Waals surface area contributed by atoms with Gasteiger partial charge in [-0.15, -0.1) is 0 Å². The minimum atomic E-state index is -1.13. The molecule has 2 amide bonds. The van der Waals surface area contributed by atoms with Crippen molar-refractivity contribution in [2.75, 3.05) is 20.8 Å². The first-order chi connectivity index (χ1) is 11.7. The Morgan fingerprint density at radius 1 is 1.40 bits per heavy atom. The summed E-state index contributed by atoms with van der Waals surface area (Å²) in [5, 5.41) is 11.1. The summed E-state index contributed by atoms with van der Waals surface area (Å²) in [5.74, 6) is -1.82. The number of thiocarbonyl (C=S) groups is 1. The molecular weight excluding hydrogens is 416 g/mol. The molecule has 0 aliphatic carbocycles. The molecule has 1 aromatic carbocycles. The van der Waals surface area contributed by atoms with Crippen molar-refractivity contribution in [1.29, 1.82) is 0 Å². The third kappa shape index (κ3) is 4.15. The minimum Gasteiger partial charge on any atom is -0.493 e. The van der Waals surface area contributed by atoms with Crippen LogP contribution >= 0.6 is 28.1 Å². The Bertz CT molecular complexity index is 807. The van der Waals surface area contributed by atoms with Gasteiger partial charge >= 0.3 is 5.97 Å². The molecule has 0 radical (unpaired) electrons. The average molecular weight is 429 g/mol. The van der Waals surface area contributed by atoms with E-state index in [0.717, 1.165) is 4.90 Å². The Balaban J connectivity index is 2.42. The molecule has 1 aromatic rings. The van der Waals surface area contributed by atoms with Crippen LogP contribution in [0, 0.1) is 0 Å². The smallest absolute Gasteiger partial charge is 0.341 e. The highest BCUT2D eigenvalue weighted by Gasteiger charge is 2.31. The van der Waals surface area contributed by atoms with Crippen LogP contribution in [0.2, 0.25) is 0 Å². The maximum Gasteiger partial charge on any atom is 0.341 e. The van der Waals surface area contributed by atoms with E-state index in [2.05, 4.69) is 21.2 Å². The standard InChI is InChI=1S/C15H13BrN2O6S/c1-18-14(22)8(13(21)17-15(18)25)3-7-4-10(23-2)11(5-9(7)16)24-6-12(19)20/h3-5H,6H2,1-2H3,(H,19,20)(H,17,21,25)/b8-3+. The van der Waals surface area contributed by atoms with E-state index in [1.54, 1.807) is 0 Å². The molecule has 1 aliphatic rings. The molecule has 2 N–H and O–H groups in total. The highest BCUT2D eigenvalue weighted by Crippen LogP contribution is 2.35. The molecule has 1 fully saturated rings. The third-order valence-electron chi connectivity index (χ3n) is 3.24. The van der Waals surface area contributed by atoms with Gasteiger partial charge in [0.25, 0.3) is 11.8 Å². The number of ether oxygens (including phenoxy) is 2. The molecule has 0 spiro atoms. The van der Waals surface area contributed by atoms with Gasteiger partial charge in [0.05, 0.1) is 7.11 Å². The molecule has 10 heteroatoms. The second-order valence-corrected chi connectivity index (χ2v) is 6.13. The van der Waals surface area contributed by atoms with Crippen LogP contribution in [-0.4, -0.2) is 53.7 Å². The molecule has 0 atom stereocenters. The average Bonchev–Trinajstić information content (AvgIpc) is 2.56. The molecule has 0 saturated carbocycles. The van der Waals surface area contributed by atoms with Gasteiger partial charge in [0.15, 0.2) is 23.2 Å². The molecule has 1 saturated heterocycles. The molecule has 0 aromatic heterocycles. The van der Waals surface area contributed by atoms with E-state index in [1.165, 1.54) is 32.4 Å². The largest absolute Gasteiger partial charge is 0.493 e. The molecule has 2 rings (SSSR count). The van der Waals surface area contributed by atoms with Gasteiger partial charge in [-0.05, 0) is 36.0 Å². The van der Waals surface area contributed by atoms with Crippen LogP contribution in [-0.2, 0) is 14.4 Å². The number of nitrogens with one attached hydrogen (secondary N) is 1. The van der Waals surface area contributed by atoms with Crippen LogP contribution in [0.25, 0.3) is 6.08 Å². The predicted molar refractivity (Wildman–Crippen MR) is 95.3 cm³/mol. The molecule has 25 heavy (non-hydrogen) atoms. The Hall–Kier alpha value is -2.46. The quantitative estimate of drug-likeness (QED) is 0.412. The number of halogens is 1. The first-order valence-electron chi connectivity index (χ1n) is 6.81. The van der Waals surface area contributed by atoms with Crippen LogP contribution in [0.15, 0.2) is 22.2 Å². The van der Waals surface area contributed by atoms with Gasteiger partial charge in [-0.1, -0.05) is 15.9 Å². The highest BCUT2D eigenvalue weighted by atomic mass is 79.9. The zero-order valence-corrected chi connectivity index (χ0v) is 15.6. The van der Waals surface area contributed by atoms with Crippen molar-refractivity contribution in [2.24, 2.45) is 0 Å². The fraction of sp³-hybridized carbons (Fsp3) is 0.200. The second kappa shape index (κ2) is 7.62. The van der Waals surface area contributed by atoms with Crippen molar-refractivity contribution < 1.29 is 29.0 Å². The minimum absolute atomic E-state index is 0.0289. The Labute approximate surface area is 156 Å². The fourth-order valence-corrected chi connectivity index (χ4v) is 2.59. The zero-order valence-electron chi connectivity index (χ0n) is 13.2. The first-order valence-corrected chi connectivity index (χ1v) is 8.02. The Morgan fingerprint density at radius 3 is 2.68 bits per heavy atom. The number of carboxylic acids is 1. The van der Waals surface area contributed by atoms with Gasteiger partial charge in [-0.25, -0.2) is 4.79 Å². The van der Waals surface area contributed by atoms with Gasteiger partial charge in [0.2, 0.25) is 0 Å². The Kier molecular flexibility index (Phi) is 5.75. The lowest BCUT2D eigenvalue weighted by Crippen LogP contribution is -2.52. The number of carbonyl (C=O) groups is 3. The number of nitrogens with zero attached hydrogens (tertiary/aromatic N) is 1. The number of hydrogen-bond donors (Lipinski definition) is 2. The first kappa shape index (κ1) is 18.9. The number of methoxy groups -OCH3 is 1. The second-order valence-electron chi connectivity index (χ2n) is 4.89. The molecule has 8 nitrogen and oxygen atoms in total. The van der Waals surface area contributed by atoms with Gasteiger partial charge in [0.1, 0.15) is 5.57 Å². The lowest BCUT2D eigenvalue weighted by atomic mass is 10.1. The molecule has 0 bridgehead atoms. The monoisotopic (exact) mass is 428 g/mol. The third-order valence-corrected chi connectivity index (χ3v) is 4.30. The summed E-state index contributed by atoms with van der Waals surface area (Å²) < 4.78 is 10.8. The summed E-state index contributed by atoms with van der Waals surface area (Å²) >= 11 is 8.19. The summed E-state index contributed by atoms with van der Waals surface area (Å²) in [7, 11) is 2.84. The predicted octanol–water partition coefficient (Wildman–Crippen LogP) is 1.18. The van der Waals surface area contributed by atoms with Crippen molar-refractivity contribution >= 4 is 57.1 Å². The van der Waals surface area contributed by atoms with Gasteiger partial charge in [-0.2, -0.15) is 0 Å². The molecular formula is C15H13BrN2O6S.